The van der Waals surface area contributed by atoms with E-state index < -0.39 is 0 Å². The van der Waals surface area contributed by atoms with Gasteiger partial charge in [0.05, 0.1) is 20.3 Å². The molecule has 0 amide bonds. The molecule has 1 aliphatic rings. The monoisotopic (exact) mass is 348 g/mol. The predicted octanol–water partition coefficient (Wildman–Crippen LogP) is 1.81. The molecule has 25 heavy (non-hydrogen) atoms. The minimum atomic E-state index is 0.819. The zero-order chi connectivity index (χ0) is 17.9. The highest BCUT2D eigenvalue weighted by atomic mass is 16.5. The summed E-state index contributed by atoms with van der Waals surface area (Å²) in [5, 5.41) is 3.38. The second-order valence-corrected chi connectivity index (χ2v) is 6.25. The van der Waals surface area contributed by atoms with E-state index in [1.54, 1.807) is 7.11 Å². The van der Waals surface area contributed by atoms with Gasteiger partial charge in [-0.1, -0.05) is 12.1 Å². The summed E-state index contributed by atoms with van der Waals surface area (Å²) in [6.45, 7) is 9.52. The summed E-state index contributed by atoms with van der Waals surface area (Å²) in [5.74, 6) is 1.84. The van der Waals surface area contributed by atoms with Gasteiger partial charge in [-0.2, -0.15) is 0 Å². The molecule has 6 heteroatoms. The van der Waals surface area contributed by atoms with Crippen LogP contribution in [0.4, 0.5) is 0 Å². The van der Waals surface area contributed by atoms with Gasteiger partial charge in [0.1, 0.15) is 5.75 Å². The summed E-state index contributed by atoms with van der Waals surface area (Å²) in [4.78, 5) is 9.39. The van der Waals surface area contributed by atoms with Crippen molar-refractivity contribution in [2.45, 2.75) is 19.9 Å². The Labute approximate surface area is 151 Å². The number of benzene rings is 1. The molecule has 140 valence electrons. The first kappa shape index (κ1) is 19.5. The lowest BCUT2D eigenvalue weighted by Crippen LogP contribution is -2.39. The zero-order valence-electron chi connectivity index (χ0n) is 15.8. The van der Waals surface area contributed by atoms with E-state index in [1.165, 1.54) is 5.56 Å². The molecule has 0 atom stereocenters. The molecular formula is C19H32N4O2. The number of aliphatic imine (C=N–C) groups is 1. The van der Waals surface area contributed by atoms with E-state index in [9.17, 15) is 0 Å². The van der Waals surface area contributed by atoms with E-state index in [0.29, 0.717) is 0 Å². The molecule has 1 N–H and O–H groups in total. The Morgan fingerprint density at radius 2 is 2.00 bits per heavy atom. The highest BCUT2D eigenvalue weighted by Crippen LogP contribution is 2.12. The number of hydrogen-bond donors (Lipinski definition) is 1. The summed E-state index contributed by atoms with van der Waals surface area (Å²) in [6, 6.07) is 8.18. The van der Waals surface area contributed by atoms with Gasteiger partial charge in [0.2, 0.25) is 0 Å². The average Bonchev–Trinajstić information content (AvgIpc) is 2.65. The van der Waals surface area contributed by atoms with Crippen LogP contribution in [0.25, 0.3) is 0 Å². The van der Waals surface area contributed by atoms with Gasteiger partial charge in [-0.05, 0) is 31.0 Å². The van der Waals surface area contributed by atoms with E-state index in [1.807, 2.05) is 12.1 Å². The first-order valence-corrected chi connectivity index (χ1v) is 9.15. The Balaban J connectivity index is 1.81. The number of hydrogen-bond acceptors (Lipinski definition) is 4. The fourth-order valence-electron chi connectivity index (χ4n) is 2.85. The Kier molecular flexibility index (Phi) is 8.55. The maximum Gasteiger partial charge on any atom is 0.193 e. The van der Waals surface area contributed by atoms with Crippen LogP contribution in [0.1, 0.15) is 18.9 Å². The zero-order valence-corrected chi connectivity index (χ0v) is 15.8. The number of morpholine rings is 1. The molecule has 1 aliphatic heterocycles. The molecule has 1 heterocycles. The van der Waals surface area contributed by atoms with Crippen LogP contribution in [0, 0.1) is 0 Å². The summed E-state index contributed by atoms with van der Waals surface area (Å²) in [7, 11) is 3.77. The SMILES string of the molecule is CCNC(=NCCCN1CCOCC1)N(C)Cc1ccc(OC)cc1. The quantitative estimate of drug-likeness (QED) is 0.441. The van der Waals surface area contributed by atoms with Crippen LogP contribution in [0.15, 0.2) is 29.3 Å². The van der Waals surface area contributed by atoms with Crippen LogP contribution >= 0.6 is 0 Å². The fraction of sp³-hybridized carbons (Fsp3) is 0.632. The van der Waals surface area contributed by atoms with E-state index in [2.05, 4.69) is 41.2 Å². The van der Waals surface area contributed by atoms with Crippen LogP contribution in [0.5, 0.6) is 5.75 Å². The molecule has 0 aromatic heterocycles. The van der Waals surface area contributed by atoms with E-state index in [4.69, 9.17) is 14.5 Å². The normalized spacial score (nSPS) is 15.9. The summed E-state index contributed by atoms with van der Waals surface area (Å²) in [6.07, 6.45) is 1.07. The largest absolute Gasteiger partial charge is 0.497 e. The molecule has 1 aromatic carbocycles. The fourth-order valence-corrected chi connectivity index (χ4v) is 2.85. The molecule has 0 saturated carbocycles. The van der Waals surface area contributed by atoms with Crippen molar-refractivity contribution in [1.29, 1.82) is 0 Å². The maximum atomic E-state index is 5.39. The molecule has 1 saturated heterocycles. The Bertz CT molecular complexity index is 513. The molecule has 0 unspecified atom stereocenters. The summed E-state index contributed by atoms with van der Waals surface area (Å²) >= 11 is 0. The Morgan fingerprint density at radius 3 is 2.64 bits per heavy atom. The van der Waals surface area contributed by atoms with Gasteiger partial charge in [0.15, 0.2) is 5.96 Å². The van der Waals surface area contributed by atoms with E-state index in [-0.39, 0.29) is 0 Å². The van der Waals surface area contributed by atoms with Crippen LogP contribution < -0.4 is 10.1 Å². The van der Waals surface area contributed by atoms with Gasteiger partial charge < -0.3 is 19.7 Å². The number of nitrogens with one attached hydrogen (secondary N) is 1. The van der Waals surface area contributed by atoms with E-state index in [0.717, 1.165) is 70.6 Å². The van der Waals surface area contributed by atoms with Gasteiger partial charge in [-0.25, -0.2) is 0 Å². The van der Waals surface area contributed by atoms with Gasteiger partial charge >= 0.3 is 0 Å². The maximum absolute atomic E-state index is 5.39. The molecule has 1 aromatic rings. The number of rotatable bonds is 8. The number of ether oxygens (including phenoxy) is 2. The molecule has 0 spiro atoms. The summed E-state index contributed by atoms with van der Waals surface area (Å²) in [5.41, 5.74) is 1.24. The van der Waals surface area contributed by atoms with Crippen molar-refractivity contribution in [1.82, 2.24) is 15.1 Å². The van der Waals surface area contributed by atoms with Crippen LogP contribution in [-0.4, -0.2) is 75.9 Å². The minimum Gasteiger partial charge on any atom is -0.497 e. The highest BCUT2D eigenvalue weighted by Gasteiger charge is 2.10. The van der Waals surface area contributed by atoms with Crippen LogP contribution in [0.3, 0.4) is 0 Å². The first-order valence-electron chi connectivity index (χ1n) is 9.15. The standard InChI is InChI=1S/C19H32N4O2/c1-4-20-19(21-10-5-11-23-12-14-25-15-13-23)22(2)16-17-6-8-18(24-3)9-7-17/h6-9H,4-5,10-16H2,1-3H3,(H,20,21). The Morgan fingerprint density at radius 1 is 1.28 bits per heavy atom. The smallest absolute Gasteiger partial charge is 0.193 e. The van der Waals surface area contributed by atoms with Crippen molar-refractivity contribution < 1.29 is 9.47 Å². The topological polar surface area (TPSA) is 49.3 Å². The van der Waals surface area contributed by atoms with E-state index >= 15 is 0 Å². The summed E-state index contributed by atoms with van der Waals surface area (Å²) < 4.78 is 10.6. The van der Waals surface area contributed by atoms with Crippen molar-refractivity contribution in [2.24, 2.45) is 4.99 Å². The molecule has 0 bridgehead atoms. The second kappa shape index (κ2) is 10.9. The highest BCUT2D eigenvalue weighted by molar-refractivity contribution is 5.79. The third-order valence-corrected chi connectivity index (χ3v) is 4.27. The molecule has 0 radical (unpaired) electrons. The molecule has 6 nitrogen and oxygen atoms in total. The molecule has 2 rings (SSSR count). The van der Waals surface area contributed by atoms with Gasteiger partial charge in [-0.3, -0.25) is 9.89 Å². The van der Waals surface area contributed by atoms with Crippen molar-refractivity contribution in [3.05, 3.63) is 29.8 Å². The number of methoxy groups -OCH3 is 1. The van der Waals surface area contributed by atoms with Gasteiger partial charge in [0, 0.05) is 46.3 Å². The molecule has 1 fully saturated rings. The predicted molar refractivity (Wildman–Crippen MR) is 102 cm³/mol. The third-order valence-electron chi connectivity index (χ3n) is 4.27. The van der Waals surface area contributed by atoms with Crippen molar-refractivity contribution in [3.8, 4) is 5.75 Å². The van der Waals surface area contributed by atoms with Crippen molar-refractivity contribution in [3.63, 3.8) is 0 Å². The van der Waals surface area contributed by atoms with Crippen LogP contribution in [0.2, 0.25) is 0 Å². The third kappa shape index (κ3) is 6.92. The molecular weight excluding hydrogens is 316 g/mol. The lowest BCUT2D eigenvalue weighted by Gasteiger charge is -2.26. The average molecular weight is 348 g/mol. The lowest BCUT2D eigenvalue weighted by molar-refractivity contribution is 0.0377. The molecule has 0 aliphatic carbocycles. The van der Waals surface area contributed by atoms with Crippen LogP contribution in [-0.2, 0) is 11.3 Å². The second-order valence-electron chi connectivity index (χ2n) is 6.25. The first-order chi connectivity index (χ1) is 12.2. The van der Waals surface area contributed by atoms with Gasteiger partial charge in [-0.15, -0.1) is 0 Å². The van der Waals surface area contributed by atoms with Crippen molar-refractivity contribution >= 4 is 5.96 Å². The number of nitrogens with zero attached hydrogens (tertiary/aromatic N) is 3. The minimum absolute atomic E-state index is 0.819. The van der Waals surface area contributed by atoms with Crippen molar-refractivity contribution in [2.75, 3.05) is 60.1 Å². The lowest BCUT2D eigenvalue weighted by atomic mass is 10.2. The van der Waals surface area contributed by atoms with Gasteiger partial charge in [0.25, 0.3) is 0 Å². The Hall–Kier alpha value is -1.79. The number of guanidine groups is 1.